The number of carboxylic acid groups (broad SMARTS) is 1. The fourth-order valence-electron chi connectivity index (χ4n) is 1.58. The number of carbonyl (C=O) groups excluding carboxylic acids is 1. The molecule has 0 fully saturated rings. The predicted octanol–water partition coefficient (Wildman–Crippen LogP) is 1.07. The lowest BCUT2D eigenvalue weighted by Crippen LogP contribution is -2.28. The van der Waals surface area contributed by atoms with E-state index in [9.17, 15) is 9.59 Å². The number of hydrogen-bond acceptors (Lipinski definition) is 3. The first-order valence-corrected chi connectivity index (χ1v) is 5.51. The molecule has 0 aliphatic carbocycles. The van der Waals surface area contributed by atoms with Gasteiger partial charge in [0.15, 0.2) is 0 Å². The van der Waals surface area contributed by atoms with Crippen molar-refractivity contribution in [2.75, 3.05) is 5.32 Å². The summed E-state index contributed by atoms with van der Waals surface area (Å²) in [6.45, 7) is 2.01. The molecular formula is C11H13N5O3. The van der Waals surface area contributed by atoms with Crippen molar-refractivity contribution in [3.05, 3.63) is 35.4 Å². The van der Waals surface area contributed by atoms with E-state index in [1.54, 1.807) is 25.4 Å². The second-order valence-electron chi connectivity index (χ2n) is 3.96. The maximum atomic E-state index is 11.6. The lowest BCUT2D eigenvalue weighted by Gasteiger charge is -2.05. The maximum Gasteiger partial charge on any atom is 0.354 e. The summed E-state index contributed by atoms with van der Waals surface area (Å²) in [6, 6.07) is 1.07. The van der Waals surface area contributed by atoms with Gasteiger partial charge in [-0.1, -0.05) is 0 Å². The topological polar surface area (TPSA) is 123 Å². The highest BCUT2D eigenvalue weighted by molar-refractivity contribution is 5.99. The van der Waals surface area contributed by atoms with Crippen LogP contribution in [0.4, 0.5) is 10.5 Å². The quantitative estimate of drug-likeness (QED) is 0.566. The van der Waals surface area contributed by atoms with E-state index in [0.29, 0.717) is 12.2 Å². The minimum Gasteiger partial charge on any atom is -0.477 e. The number of amides is 2. The van der Waals surface area contributed by atoms with Gasteiger partial charge in [0.05, 0.1) is 11.9 Å². The molecule has 8 heteroatoms. The monoisotopic (exact) mass is 263 g/mol. The molecule has 100 valence electrons. The number of nitrogens with zero attached hydrogens (tertiary/aromatic N) is 1. The summed E-state index contributed by atoms with van der Waals surface area (Å²) in [7, 11) is 0. The van der Waals surface area contributed by atoms with E-state index >= 15 is 0 Å². The molecule has 0 saturated heterocycles. The Bertz CT molecular complexity index is 588. The zero-order valence-corrected chi connectivity index (χ0v) is 10.2. The van der Waals surface area contributed by atoms with E-state index in [4.69, 9.17) is 5.11 Å². The Morgan fingerprint density at radius 3 is 2.89 bits per heavy atom. The zero-order valence-electron chi connectivity index (χ0n) is 10.2. The van der Waals surface area contributed by atoms with Crippen molar-refractivity contribution in [2.24, 2.45) is 0 Å². The van der Waals surface area contributed by atoms with Gasteiger partial charge in [-0.25, -0.2) is 9.59 Å². The van der Waals surface area contributed by atoms with Gasteiger partial charge >= 0.3 is 12.0 Å². The number of urea groups is 1. The zero-order chi connectivity index (χ0) is 13.8. The first kappa shape index (κ1) is 12.7. The standard InChI is InChI=1S/C11H13N5O3/c1-6-2-8(9(15-6)10(17)18)16-11(19)12-3-7-4-13-14-5-7/h2,4-5,15H,3H2,1H3,(H,13,14)(H,17,18)(H2,12,16,19). The van der Waals surface area contributed by atoms with Crippen LogP contribution in [-0.2, 0) is 6.54 Å². The van der Waals surface area contributed by atoms with E-state index < -0.39 is 12.0 Å². The fourth-order valence-corrected chi connectivity index (χ4v) is 1.58. The third kappa shape index (κ3) is 3.12. The summed E-state index contributed by atoms with van der Waals surface area (Å²) in [5, 5.41) is 20.4. The number of carbonyl (C=O) groups is 2. The summed E-state index contributed by atoms with van der Waals surface area (Å²) in [6.07, 6.45) is 3.24. The molecule has 0 aromatic carbocycles. The maximum absolute atomic E-state index is 11.6. The predicted molar refractivity (Wildman–Crippen MR) is 66.9 cm³/mol. The smallest absolute Gasteiger partial charge is 0.354 e. The number of carboxylic acids is 1. The summed E-state index contributed by atoms with van der Waals surface area (Å²) in [5.74, 6) is -1.13. The molecule has 0 atom stereocenters. The Kier molecular flexibility index (Phi) is 3.51. The number of H-pyrrole nitrogens is 2. The second-order valence-corrected chi connectivity index (χ2v) is 3.96. The molecule has 0 spiro atoms. The first-order chi connectivity index (χ1) is 9.06. The van der Waals surface area contributed by atoms with Crippen LogP contribution in [0.25, 0.3) is 0 Å². The molecule has 0 aliphatic rings. The van der Waals surface area contributed by atoms with Crippen molar-refractivity contribution in [2.45, 2.75) is 13.5 Å². The van der Waals surface area contributed by atoms with E-state index in [1.807, 2.05) is 0 Å². The number of anilines is 1. The van der Waals surface area contributed by atoms with Gasteiger partial charge in [-0.05, 0) is 13.0 Å². The number of hydrogen-bond donors (Lipinski definition) is 5. The molecule has 0 unspecified atom stereocenters. The van der Waals surface area contributed by atoms with Gasteiger partial charge in [-0.15, -0.1) is 0 Å². The van der Waals surface area contributed by atoms with E-state index in [2.05, 4.69) is 25.8 Å². The highest BCUT2D eigenvalue weighted by Crippen LogP contribution is 2.16. The molecule has 2 aromatic rings. The third-order valence-electron chi connectivity index (χ3n) is 2.42. The van der Waals surface area contributed by atoms with Crippen LogP contribution in [0.1, 0.15) is 21.7 Å². The SMILES string of the molecule is Cc1cc(NC(=O)NCc2cn[nH]c2)c(C(=O)O)[nH]1. The summed E-state index contributed by atoms with van der Waals surface area (Å²) >= 11 is 0. The van der Waals surface area contributed by atoms with Crippen LogP contribution < -0.4 is 10.6 Å². The highest BCUT2D eigenvalue weighted by Gasteiger charge is 2.15. The molecule has 2 heterocycles. The molecule has 0 aliphatic heterocycles. The van der Waals surface area contributed by atoms with Gasteiger partial charge < -0.3 is 20.7 Å². The minimum atomic E-state index is -1.13. The van der Waals surface area contributed by atoms with Crippen LogP contribution in [0.2, 0.25) is 0 Å². The van der Waals surface area contributed by atoms with Crippen LogP contribution >= 0.6 is 0 Å². The van der Waals surface area contributed by atoms with Crippen molar-refractivity contribution in [3.8, 4) is 0 Å². The van der Waals surface area contributed by atoms with Gasteiger partial charge in [0.2, 0.25) is 0 Å². The molecule has 0 radical (unpaired) electrons. The summed E-state index contributed by atoms with van der Waals surface area (Å²) < 4.78 is 0. The Morgan fingerprint density at radius 2 is 2.26 bits per heavy atom. The lowest BCUT2D eigenvalue weighted by atomic mass is 10.3. The van der Waals surface area contributed by atoms with Crippen molar-refractivity contribution >= 4 is 17.7 Å². The fraction of sp³-hybridized carbons (Fsp3) is 0.182. The van der Waals surface area contributed by atoms with Crippen LogP contribution in [-0.4, -0.2) is 32.3 Å². The number of aryl methyl sites for hydroxylation is 1. The van der Waals surface area contributed by atoms with Gasteiger partial charge in [-0.3, -0.25) is 5.10 Å². The molecule has 0 bridgehead atoms. The first-order valence-electron chi connectivity index (χ1n) is 5.51. The van der Waals surface area contributed by atoms with E-state index in [-0.39, 0.29) is 11.4 Å². The van der Waals surface area contributed by atoms with Crippen molar-refractivity contribution < 1.29 is 14.7 Å². The Morgan fingerprint density at radius 1 is 1.47 bits per heavy atom. The lowest BCUT2D eigenvalue weighted by molar-refractivity contribution is 0.0692. The summed E-state index contributed by atoms with van der Waals surface area (Å²) in [5.41, 5.74) is 1.66. The third-order valence-corrected chi connectivity index (χ3v) is 2.42. The molecule has 19 heavy (non-hydrogen) atoms. The normalized spacial score (nSPS) is 10.2. The van der Waals surface area contributed by atoms with Gasteiger partial charge in [-0.2, -0.15) is 5.10 Å². The molecule has 2 amide bonds. The minimum absolute atomic E-state index is 0.0454. The van der Waals surface area contributed by atoms with Gasteiger partial charge in [0, 0.05) is 24.0 Å². The Hall–Kier alpha value is -2.77. The molecular weight excluding hydrogens is 250 g/mol. The summed E-state index contributed by atoms with van der Waals surface area (Å²) in [4.78, 5) is 25.2. The molecule has 5 N–H and O–H groups in total. The van der Waals surface area contributed by atoms with E-state index in [0.717, 1.165) is 5.56 Å². The number of aromatic carboxylic acids is 1. The van der Waals surface area contributed by atoms with Crippen molar-refractivity contribution in [3.63, 3.8) is 0 Å². The average Bonchev–Trinajstić information content (AvgIpc) is 2.96. The largest absolute Gasteiger partial charge is 0.477 e. The number of aromatic amines is 2. The van der Waals surface area contributed by atoms with Crippen LogP contribution in [0.3, 0.4) is 0 Å². The van der Waals surface area contributed by atoms with Crippen LogP contribution in [0.5, 0.6) is 0 Å². The van der Waals surface area contributed by atoms with Gasteiger partial charge in [0.1, 0.15) is 5.69 Å². The van der Waals surface area contributed by atoms with Crippen molar-refractivity contribution in [1.29, 1.82) is 0 Å². The molecule has 8 nitrogen and oxygen atoms in total. The second kappa shape index (κ2) is 5.25. The molecule has 0 saturated carbocycles. The Balaban J connectivity index is 1.97. The highest BCUT2D eigenvalue weighted by atomic mass is 16.4. The number of aromatic nitrogens is 3. The Labute approximate surface area is 108 Å². The van der Waals surface area contributed by atoms with Gasteiger partial charge in [0.25, 0.3) is 0 Å². The average molecular weight is 263 g/mol. The van der Waals surface area contributed by atoms with Crippen LogP contribution in [0.15, 0.2) is 18.5 Å². The molecule has 2 rings (SSSR count). The van der Waals surface area contributed by atoms with E-state index in [1.165, 1.54) is 0 Å². The molecule has 2 aromatic heterocycles. The van der Waals surface area contributed by atoms with Crippen LogP contribution in [0, 0.1) is 6.92 Å². The number of rotatable bonds is 4. The number of nitrogens with one attached hydrogen (secondary N) is 4. The van der Waals surface area contributed by atoms with Crippen molar-refractivity contribution in [1.82, 2.24) is 20.5 Å².